The van der Waals surface area contributed by atoms with E-state index in [1.54, 1.807) is 0 Å². The van der Waals surface area contributed by atoms with Gasteiger partial charge < -0.3 is 25.6 Å². The Morgan fingerprint density at radius 3 is 1.78 bits per heavy atom. The number of rotatable bonds is 33. The normalized spacial score (nSPS) is 13.3. The molecule has 0 aliphatic carbocycles. The van der Waals surface area contributed by atoms with E-state index in [0.29, 0.717) is 12.8 Å². The molecule has 0 aromatic carbocycles. The minimum absolute atomic E-state index is 0.236. The van der Waals surface area contributed by atoms with Gasteiger partial charge in [0.05, 0.1) is 19.6 Å². The van der Waals surface area contributed by atoms with Crippen LogP contribution in [0, 0.1) is 0 Å². The van der Waals surface area contributed by atoms with Gasteiger partial charge in [0, 0.05) is 6.42 Å². The minimum Gasteiger partial charge on any atom is -0.480 e. The summed E-state index contributed by atoms with van der Waals surface area (Å²) in [6.45, 7) is 3.29. The van der Waals surface area contributed by atoms with Crippen LogP contribution in [0.2, 0.25) is 0 Å². The maximum atomic E-state index is 12.6. The SMILES string of the molecule is CC/C=C\C/C=C\C/C=C\C/C=C\C/C=C\CC(=O)OC(/C=C\CCCCCCCCC)CCCCCCC(=O)NCC(=O)NC(CO)C(=O)O. The number of hydrogen-bond donors (Lipinski definition) is 4. The fourth-order valence-electron chi connectivity index (χ4n) is 4.99. The Morgan fingerprint density at radius 2 is 1.20 bits per heavy atom. The van der Waals surface area contributed by atoms with Crippen LogP contribution in [0.1, 0.15) is 142 Å². The first kappa shape index (κ1) is 47.3. The van der Waals surface area contributed by atoms with Crippen molar-refractivity contribution in [2.75, 3.05) is 13.2 Å². The van der Waals surface area contributed by atoms with Gasteiger partial charge in [-0.3, -0.25) is 14.4 Å². The van der Waals surface area contributed by atoms with Crippen molar-refractivity contribution in [3.05, 3.63) is 72.9 Å². The molecule has 0 aliphatic heterocycles. The van der Waals surface area contributed by atoms with E-state index >= 15 is 0 Å². The summed E-state index contributed by atoms with van der Waals surface area (Å²) in [4.78, 5) is 47.4. The molecule has 0 aromatic heterocycles. The number of allylic oxidation sites excluding steroid dienone is 10. The second kappa shape index (κ2) is 36.1. The molecule has 0 aromatic rings. The smallest absolute Gasteiger partial charge is 0.328 e. The molecule has 2 amide bonds. The maximum absolute atomic E-state index is 12.6. The van der Waals surface area contributed by atoms with Crippen molar-refractivity contribution in [3.63, 3.8) is 0 Å². The van der Waals surface area contributed by atoms with Gasteiger partial charge in [0.25, 0.3) is 0 Å². The molecule has 0 saturated heterocycles. The molecular weight excluding hydrogens is 644 g/mol. The molecule has 0 spiro atoms. The number of aliphatic carboxylic acids is 1. The van der Waals surface area contributed by atoms with Gasteiger partial charge in [-0.1, -0.05) is 132 Å². The molecule has 0 fully saturated rings. The predicted molar refractivity (Wildman–Crippen MR) is 208 cm³/mol. The Bertz CT molecular complexity index is 1090. The Hall–Kier alpha value is -3.72. The summed E-state index contributed by atoms with van der Waals surface area (Å²) >= 11 is 0. The predicted octanol–water partition coefficient (Wildman–Crippen LogP) is 8.76. The van der Waals surface area contributed by atoms with E-state index in [-0.39, 0.29) is 37.4 Å². The second-order valence-electron chi connectivity index (χ2n) is 12.6. The summed E-state index contributed by atoms with van der Waals surface area (Å²) in [5.74, 6) is -2.55. The summed E-state index contributed by atoms with van der Waals surface area (Å²) in [5.41, 5.74) is 0. The van der Waals surface area contributed by atoms with Gasteiger partial charge in [-0.05, 0) is 70.3 Å². The van der Waals surface area contributed by atoms with Gasteiger partial charge >= 0.3 is 11.9 Å². The number of carboxylic acids is 1. The number of hydrogen-bond acceptors (Lipinski definition) is 6. The Labute approximate surface area is 308 Å². The Balaban J connectivity index is 4.51. The maximum Gasteiger partial charge on any atom is 0.328 e. The average Bonchev–Trinajstić information content (AvgIpc) is 3.11. The molecule has 2 atom stereocenters. The van der Waals surface area contributed by atoms with Gasteiger partial charge in [0.15, 0.2) is 0 Å². The molecular formula is C42H68N2O7. The summed E-state index contributed by atoms with van der Waals surface area (Å²) < 4.78 is 5.82. The van der Waals surface area contributed by atoms with E-state index in [1.807, 2.05) is 18.2 Å². The number of aliphatic hydroxyl groups excluding tert-OH is 1. The summed E-state index contributed by atoms with van der Waals surface area (Å²) in [5, 5.41) is 22.5. The number of carbonyl (C=O) groups excluding carboxylic acids is 3. The molecule has 9 nitrogen and oxygen atoms in total. The average molecular weight is 713 g/mol. The molecule has 0 bridgehead atoms. The highest BCUT2D eigenvalue weighted by Crippen LogP contribution is 2.14. The lowest BCUT2D eigenvalue weighted by atomic mass is 10.1. The molecule has 0 rings (SSSR count). The van der Waals surface area contributed by atoms with Crippen molar-refractivity contribution in [2.45, 2.75) is 154 Å². The van der Waals surface area contributed by atoms with Crippen molar-refractivity contribution in [2.24, 2.45) is 0 Å². The summed E-state index contributed by atoms with van der Waals surface area (Å²) in [6, 6.07) is -1.40. The number of amides is 2. The third kappa shape index (κ3) is 33.2. The lowest BCUT2D eigenvalue weighted by Crippen LogP contribution is -2.47. The van der Waals surface area contributed by atoms with E-state index in [0.717, 1.165) is 64.2 Å². The highest BCUT2D eigenvalue weighted by Gasteiger charge is 2.18. The summed E-state index contributed by atoms with van der Waals surface area (Å²) in [7, 11) is 0. The number of aliphatic hydroxyl groups is 1. The zero-order valence-electron chi connectivity index (χ0n) is 31.6. The van der Waals surface area contributed by atoms with E-state index in [1.165, 1.54) is 38.5 Å². The van der Waals surface area contributed by atoms with Crippen LogP contribution in [0.5, 0.6) is 0 Å². The lowest BCUT2D eigenvalue weighted by molar-refractivity contribution is -0.146. The van der Waals surface area contributed by atoms with Crippen LogP contribution in [0.3, 0.4) is 0 Å². The minimum atomic E-state index is -1.40. The number of unbranched alkanes of at least 4 members (excludes halogenated alkanes) is 10. The highest BCUT2D eigenvalue weighted by atomic mass is 16.5. The van der Waals surface area contributed by atoms with Crippen LogP contribution in [0.4, 0.5) is 0 Å². The molecule has 2 unspecified atom stereocenters. The van der Waals surface area contributed by atoms with Crippen molar-refractivity contribution >= 4 is 23.8 Å². The first-order valence-electron chi connectivity index (χ1n) is 19.3. The van der Waals surface area contributed by atoms with Crippen LogP contribution < -0.4 is 10.6 Å². The third-order valence-corrected chi connectivity index (χ3v) is 7.95. The van der Waals surface area contributed by atoms with Crippen LogP contribution in [-0.2, 0) is 23.9 Å². The molecule has 0 radical (unpaired) electrons. The van der Waals surface area contributed by atoms with Gasteiger partial charge in [-0.25, -0.2) is 4.79 Å². The first-order valence-corrected chi connectivity index (χ1v) is 19.3. The van der Waals surface area contributed by atoms with Crippen molar-refractivity contribution in [1.82, 2.24) is 10.6 Å². The van der Waals surface area contributed by atoms with E-state index in [9.17, 15) is 19.2 Å². The second-order valence-corrected chi connectivity index (χ2v) is 12.6. The van der Waals surface area contributed by atoms with Gasteiger partial charge in [0.1, 0.15) is 12.1 Å². The fraction of sp³-hybridized carbons (Fsp3) is 0.619. The molecule has 9 heteroatoms. The van der Waals surface area contributed by atoms with Gasteiger partial charge in [-0.15, -0.1) is 0 Å². The number of nitrogens with one attached hydrogen (secondary N) is 2. The zero-order valence-corrected chi connectivity index (χ0v) is 31.6. The quantitative estimate of drug-likeness (QED) is 0.0303. The molecule has 288 valence electrons. The Kier molecular flexibility index (Phi) is 33.5. The lowest BCUT2D eigenvalue weighted by Gasteiger charge is -2.14. The highest BCUT2D eigenvalue weighted by molar-refractivity contribution is 5.87. The zero-order chi connectivity index (χ0) is 37.6. The molecule has 0 aliphatic rings. The number of carboxylic acid groups (broad SMARTS) is 1. The third-order valence-electron chi connectivity index (χ3n) is 7.95. The molecule has 0 heterocycles. The topological polar surface area (TPSA) is 142 Å². The standard InChI is InChI=1S/C42H68N2O7/c1-3-5-7-9-11-13-14-15-16-17-18-20-22-24-30-34-41(48)51-37(31-27-23-21-19-12-10-8-6-4-2)32-28-25-26-29-33-39(46)43-35-40(47)44-38(36-45)42(49)50/h5,7,11,13,15-16,18,20,24,27,30-31,37-38,45H,3-4,6,8-10,12,14,17,19,21-23,25-26,28-29,32-36H2,1-2H3,(H,43,46)(H,44,47)(H,49,50)/b7-5-,13-11-,16-15-,20-18-,30-24-,31-27-. The monoisotopic (exact) mass is 713 g/mol. The molecule has 51 heavy (non-hydrogen) atoms. The number of ether oxygens (including phenoxy) is 1. The summed E-state index contributed by atoms with van der Waals surface area (Å²) in [6.07, 6.45) is 43.8. The Morgan fingerprint density at radius 1 is 0.647 bits per heavy atom. The number of carbonyl (C=O) groups is 4. The molecule has 4 N–H and O–H groups in total. The van der Waals surface area contributed by atoms with Crippen molar-refractivity contribution in [1.29, 1.82) is 0 Å². The van der Waals surface area contributed by atoms with E-state index in [2.05, 4.69) is 79.2 Å². The van der Waals surface area contributed by atoms with E-state index in [4.69, 9.17) is 14.9 Å². The van der Waals surface area contributed by atoms with E-state index < -0.39 is 24.5 Å². The van der Waals surface area contributed by atoms with Crippen LogP contribution in [-0.4, -0.2) is 59.3 Å². The molecule has 0 saturated carbocycles. The van der Waals surface area contributed by atoms with Gasteiger partial charge in [-0.2, -0.15) is 0 Å². The van der Waals surface area contributed by atoms with Gasteiger partial charge in [0.2, 0.25) is 11.8 Å². The largest absolute Gasteiger partial charge is 0.480 e. The number of esters is 1. The van der Waals surface area contributed by atoms with Crippen LogP contribution in [0.15, 0.2) is 72.9 Å². The van der Waals surface area contributed by atoms with Crippen LogP contribution in [0.25, 0.3) is 0 Å². The van der Waals surface area contributed by atoms with Crippen LogP contribution >= 0.6 is 0 Å². The van der Waals surface area contributed by atoms with Crippen molar-refractivity contribution < 1.29 is 34.1 Å². The first-order chi connectivity index (χ1) is 24.8. The van der Waals surface area contributed by atoms with Crippen molar-refractivity contribution in [3.8, 4) is 0 Å². The fourth-order valence-corrected chi connectivity index (χ4v) is 4.99.